The van der Waals surface area contributed by atoms with E-state index in [2.05, 4.69) is 15.3 Å². The SMILES string of the molecule is CNc1cncc(SC2CCCC2)n1. The fraction of sp³-hybridized carbons (Fsp3) is 0.600. The summed E-state index contributed by atoms with van der Waals surface area (Å²) in [6.07, 6.45) is 9.00. The average Bonchev–Trinajstić information content (AvgIpc) is 2.71. The second-order valence-electron chi connectivity index (χ2n) is 3.52. The van der Waals surface area contributed by atoms with Crippen molar-refractivity contribution in [3.63, 3.8) is 0 Å². The molecule has 4 heteroatoms. The summed E-state index contributed by atoms with van der Waals surface area (Å²) in [7, 11) is 1.87. The third kappa shape index (κ3) is 2.38. The molecule has 1 N–H and O–H groups in total. The number of hydrogen-bond acceptors (Lipinski definition) is 4. The second-order valence-corrected chi connectivity index (χ2v) is 4.84. The van der Waals surface area contributed by atoms with Crippen molar-refractivity contribution in [3.05, 3.63) is 12.4 Å². The van der Waals surface area contributed by atoms with E-state index in [4.69, 9.17) is 0 Å². The van der Waals surface area contributed by atoms with E-state index < -0.39 is 0 Å². The van der Waals surface area contributed by atoms with Gasteiger partial charge in [0.15, 0.2) is 0 Å². The van der Waals surface area contributed by atoms with Crippen LogP contribution < -0.4 is 5.32 Å². The van der Waals surface area contributed by atoms with E-state index in [1.807, 2.05) is 25.0 Å². The first-order valence-electron chi connectivity index (χ1n) is 5.05. The Labute approximate surface area is 88.7 Å². The maximum Gasteiger partial charge on any atom is 0.145 e. The molecule has 0 aromatic carbocycles. The van der Waals surface area contributed by atoms with Gasteiger partial charge in [-0.25, -0.2) is 4.98 Å². The molecule has 1 aromatic heterocycles. The minimum absolute atomic E-state index is 0.761. The minimum Gasteiger partial charge on any atom is -0.372 e. The van der Waals surface area contributed by atoms with Crippen molar-refractivity contribution in [2.24, 2.45) is 0 Å². The lowest BCUT2D eigenvalue weighted by atomic mass is 10.4. The first-order chi connectivity index (χ1) is 6.88. The lowest BCUT2D eigenvalue weighted by Crippen LogP contribution is -1.98. The number of aromatic nitrogens is 2. The summed E-state index contributed by atoms with van der Waals surface area (Å²) in [4.78, 5) is 8.60. The minimum atomic E-state index is 0.761. The average molecular weight is 209 g/mol. The number of thioether (sulfide) groups is 1. The molecule has 0 amide bonds. The lowest BCUT2D eigenvalue weighted by Gasteiger charge is -2.07. The predicted octanol–water partition coefficient (Wildman–Crippen LogP) is 2.55. The van der Waals surface area contributed by atoms with Crippen molar-refractivity contribution < 1.29 is 0 Å². The van der Waals surface area contributed by atoms with Crippen LogP contribution in [0.3, 0.4) is 0 Å². The number of rotatable bonds is 3. The molecule has 1 fully saturated rings. The molecule has 0 saturated heterocycles. The van der Waals surface area contributed by atoms with Crippen LogP contribution in [0.2, 0.25) is 0 Å². The molecule has 0 aliphatic heterocycles. The van der Waals surface area contributed by atoms with Crippen molar-refractivity contribution in [2.45, 2.75) is 36.0 Å². The number of nitrogens with zero attached hydrogens (tertiary/aromatic N) is 2. The van der Waals surface area contributed by atoms with E-state index in [-0.39, 0.29) is 0 Å². The molecule has 0 atom stereocenters. The Morgan fingerprint density at radius 3 is 2.86 bits per heavy atom. The summed E-state index contributed by atoms with van der Waals surface area (Å²) in [6.45, 7) is 0. The van der Waals surface area contributed by atoms with Crippen molar-refractivity contribution in [2.75, 3.05) is 12.4 Å². The molecule has 0 unspecified atom stereocenters. The Bertz CT molecular complexity index is 297. The van der Waals surface area contributed by atoms with Gasteiger partial charge < -0.3 is 5.32 Å². The molecular formula is C10H15N3S. The monoisotopic (exact) mass is 209 g/mol. The van der Waals surface area contributed by atoms with Gasteiger partial charge in [-0.1, -0.05) is 12.8 Å². The zero-order valence-electron chi connectivity index (χ0n) is 8.36. The standard InChI is InChI=1S/C10H15N3S/c1-11-9-6-12-7-10(13-9)14-8-4-2-3-5-8/h6-8H,2-5H2,1H3,(H,11,13). The Morgan fingerprint density at radius 2 is 2.14 bits per heavy atom. The topological polar surface area (TPSA) is 37.8 Å². The van der Waals surface area contributed by atoms with Crippen LogP contribution in [0, 0.1) is 0 Å². The van der Waals surface area contributed by atoms with Gasteiger partial charge in [0.25, 0.3) is 0 Å². The Kier molecular flexibility index (Phi) is 3.24. The summed E-state index contributed by atoms with van der Waals surface area (Å²) < 4.78 is 0. The van der Waals surface area contributed by atoms with E-state index >= 15 is 0 Å². The summed E-state index contributed by atoms with van der Waals surface area (Å²) in [5, 5.41) is 4.81. The Morgan fingerprint density at radius 1 is 1.36 bits per heavy atom. The van der Waals surface area contributed by atoms with Crippen LogP contribution in [-0.2, 0) is 0 Å². The number of nitrogens with one attached hydrogen (secondary N) is 1. The molecule has 1 aliphatic rings. The van der Waals surface area contributed by atoms with Crippen molar-refractivity contribution in [3.8, 4) is 0 Å². The summed E-state index contributed by atoms with van der Waals surface area (Å²) >= 11 is 1.87. The molecule has 0 spiro atoms. The molecule has 1 aliphatic carbocycles. The quantitative estimate of drug-likeness (QED) is 0.830. The molecule has 3 nitrogen and oxygen atoms in total. The van der Waals surface area contributed by atoms with Gasteiger partial charge in [-0.05, 0) is 12.8 Å². The van der Waals surface area contributed by atoms with Crippen LogP contribution in [0.1, 0.15) is 25.7 Å². The molecule has 76 valence electrons. The number of anilines is 1. The van der Waals surface area contributed by atoms with E-state index in [9.17, 15) is 0 Å². The van der Waals surface area contributed by atoms with E-state index in [0.717, 1.165) is 16.1 Å². The highest BCUT2D eigenvalue weighted by molar-refractivity contribution is 7.99. The third-order valence-electron chi connectivity index (χ3n) is 2.46. The summed E-state index contributed by atoms with van der Waals surface area (Å²) in [5.41, 5.74) is 0. The van der Waals surface area contributed by atoms with Crippen LogP contribution in [0.15, 0.2) is 17.4 Å². The van der Waals surface area contributed by atoms with Crippen LogP contribution in [0.25, 0.3) is 0 Å². The maximum atomic E-state index is 4.44. The van der Waals surface area contributed by atoms with Gasteiger partial charge in [0.05, 0.1) is 12.4 Å². The van der Waals surface area contributed by atoms with Crippen molar-refractivity contribution in [1.82, 2.24) is 9.97 Å². The molecule has 1 saturated carbocycles. The normalized spacial score (nSPS) is 17.2. The first kappa shape index (κ1) is 9.77. The largest absolute Gasteiger partial charge is 0.372 e. The van der Waals surface area contributed by atoms with Crippen LogP contribution in [-0.4, -0.2) is 22.3 Å². The highest BCUT2D eigenvalue weighted by Crippen LogP contribution is 2.33. The van der Waals surface area contributed by atoms with Gasteiger partial charge in [-0.3, -0.25) is 4.98 Å². The zero-order chi connectivity index (χ0) is 9.80. The van der Waals surface area contributed by atoms with Gasteiger partial charge >= 0.3 is 0 Å². The molecule has 1 heterocycles. The molecule has 0 bridgehead atoms. The van der Waals surface area contributed by atoms with Crippen molar-refractivity contribution >= 4 is 17.6 Å². The molecule has 1 aromatic rings. The molecule has 14 heavy (non-hydrogen) atoms. The van der Waals surface area contributed by atoms with Crippen LogP contribution >= 0.6 is 11.8 Å². The Hall–Kier alpha value is -0.770. The van der Waals surface area contributed by atoms with Gasteiger partial charge in [-0.2, -0.15) is 0 Å². The molecule has 2 rings (SSSR count). The van der Waals surface area contributed by atoms with Gasteiger partial charge in [0.1, 0.15) is 10.8 Å². The highest BCUT2D eigenvalue weighted by atomic mass is 32.2. The first-order valence-corrected chi connectivity index (χ1v) is 5.93. The van der Waals surface area contributed by atoms with Crippen LogP contribution in [0.5, 0.6) is 0 Å². The fourth-order valence-corrected chi connectivity index (χ4v) is 2.89. The van der Waals surface area contributed by atoms with Gasteiger partial charge in [0.2, 0.25) is 0 Å². The zero-order valence-corrected chi connectivity index (χ0v) is 9.18. The summed E-state index contributed by atoms with van der Waals surface area (Å²) in [5.74, 6) is 0.855. The Balaban J connectivity index is 2.00. The third-order valence-corrected chi connectivity index (χ3v) is 3.70. The predicted molar refractivity (Wildman–Crippen MR) is 59.7 cm³/mol. The molecular weight excluding hydrogens is 194 g/mol. The second kappa shape index (κ2) is 4.64. The smallest absolute Gasteiger partial charge is 0.145 e. The van der Waals surface area contributed by atoms with E-state index in [1.54, 1.807) is 6.20 Å². The van der Waals surface area contributed by atoms with E-state index in [1.165, 1.54) is 25.7 Å². The van der Waals surface area contributed by atoms with Gasteiger partial charge in [0, 0.05) is 12.3 Å². The molecule has 0 radical (unpaired) electrons. The van der Waals surface area contributed by atoms with E-state index in [0.29, 0.717) is 0 Å². The maximum absolute atomic E-state index is 4.44. The summed E-state index contributed by atoms with van der Waals surface area (Å²) in [6, 6.07) is 0. The van der Waals surface area contributed by atoms with Crippen molar-refractivity contribution in [1.29, 1.82) is 0 Å². The highest BCUT2D eigenvalue weighted by Gasteiger charge is 2.16. The number of hydrogen-bond donors (Lipinski definition) is 1. The fourth-order valence-electron chi connectivity index (χ4n) is 1.70. The van der Waals surface area contributed by atoms with Gasteiger partial charge in [-0.15, -0.1) is 11.8 Å². The van der Waals surface area contributed by atoms with Crippen LogP contribution in [0.4, 0.5) is 5.82 Å². The lowest BCUT2D eigenvalue weighted by molar-refractivity contribution is 0.886.